The zero-order valence-electron chi connectivity index (χ0n) is 16.7. The molecule has 1 aromatic carbocycles. The van der Waals surface area contributed by atoms with Crippen molar-refractivity contribution in [2.45, 2.75) is 25.6 Å². The Hall–Kier alpha value is -3.83. The number of anilines is 3. The van der Waals surface area contributed by atoms with Crippen LogP contribution in [0.4, 0.5) is 30.4 Å². The van der Waals surface area contributed by atoms with Gasteiger partial charge in [0.2, 0.25) is 5.91 Å². The van der Waals surface area contributed by atoms with E-state index < -0.39 is 18.7 Å². The quantitative estimate of drug-likeness (QED) is 0.502. The molecule has 0 aliphatic heterocycles. The van der Waals surface area contributed by atoms with Crippen molar-refractivity contribution in [2.75, 3.05) is 17.7 Å². The third kappa shape index (κ3) is 4.43. The first-order valence-electron chi connectivity index (χ1n) is 9.56. The summed E-state index contributed by atoms with van der Waals surface area (Å²) in [4.78, 5) is 31.6. The van der Waals surface area contributed by atoms with Gasteiger partial charge in [0.1, 0.15) is 23.4 Å². The molecule has 2 heterocycles. The molecule has 0 atom stereocenters. The number of carbonyl (C=O) groups excluding carboxylic acids is 1. The minimum absolute atomic E-state index is 0.0565. The number of aromatic nitrogens is 3. The van der Waals surface area contributed by atoms with Crippen LogP contribution in [-0.2, 0) is 11.3 Å². The fourth-order valence-electron chi connectivity index (χ4n) is 3.27. The average molecular weight is 449 g/mol. The van der Waals surface area contributed by atoms with Crippen LogP contribution >= 0.6 is 0 Å². The number of methoxy groups -OCH3 is 1. The largest absolute Gasteiger partial charge is 0.492 e. The Morgan fingerprint density at radius 1 is 1.25 bits per heavy atom. The molecule has 12 heteroatoms. The van der Waals surface area contributed by atoms with Crippen molar-refractivity contribution in [3.63, 3.8) is 0 Å². The van der Waals surface area contributed by atoms with E-state index in [0.29, 0.717) is 0 Å². The minimum atomic E-state index is -4.47. The van der Waals surface area contributed by atoms with E-state index in [9.17, 15) is 27.9 Å². The highest BCUT2D eigenvalue weighted by Gasteiger charge is 2.31. The summed E-state index contributed by atoms with van der Waals surface area (Å²) in [6.07, 6.45) is -0.755. The van der Waals surface area contributed by atoms with Crippen LogP contribution in [0.25, 0.3) is 11.0 Å². The Morgan fingerprint density at radius 3 is 2.62 bits per heavy atom. The van der Waals surface area contributed by atoms with Gasteiger partial charge in [0, 0.05) is 18.2 Å². The number of nitrogens with one attached hydrogen (secondary N) is 2. The van der Waals surface area contributed by atoms with Crippen LogP contribution in [0.1, 0.15) is 23.2 Å². The predicted octanol–water partition coefficient (Wildman–Crippen LogP) is 3.79. The second kappa shape index (κ2) is 8.02. The van der Waals surface area contributed by atoms with Gasteiger partial charge in [-0.05, 0) is 25.0 Å². The lowest BCUT2D eigenvalue weighted by atomic mass is 10.2. The maximum atomic E-state index is 13.0. The number of halogens is 3. The van der Waals surface area contributed by atoms with Crippen LogP contribution in [0.2, 0.25) is 0 Å². The highest BCUT2D eigenvalue weighted by Crippen LogP contribution is 2.37. The van der Waals surface area contributed by atoms with Gasteiger partial charge in [-0.15, -0.1) is 0 Å². The number of rotatable bonds is 7. The van der Waals surface area contributed by atoms with Crippen molar-refractivity contribution < 1.29 is 32.6 Å². The Bertz CT molecular complexity index is 1200. The summed E-state index contributed by atoms with van der Waals surface area (Å²) in [6, 6.07) is 4.35. The number of hydrogen-bond acceptors (Lipinski definition) is 6. The summed E-state index contributed by atoms with van der Waals surface area (Å²) < 4.78 is 45.2. The van der Waals surface area contributed by atoms with Gasteiger partial charge in [-0.25, -0.2) is 14.8 Å². The van der Waals surface area contributed by atoms with Crippen molar-refractivity contribution in [3.8, 4) is 5.75 Å². The van der Waals surface area contributed by atoms with E-state index in [1.807, 2.05) is 0 Å². The number of aromatic carboxylic acids is 1. The molecule has 0 bridgehead atoms. The lowest BCUT2D eigenvalue weighted by Crippen LogP contribution is -2.17. The molecule has 0 spiro atoms. The summed E-state index contributed by atoms with van der Waals surface area (Å²) >= 11 is 0. The molecule has 0 unspecified atom stereocenters. The number of pyridine rings is 1. The van der Waals surface area contributed by atoms with E-state index in [2.05, 4.69) is 20.6 Å². The van der Waals surface area contributed by atoms with Crippen LogP contribution < -0.4 is 15.4 Å². The molecule has 4 rings (SSSR count). The summed E-state index contributed by atoms with van der Waals surface area (Å²) in [5.74, 6) is -1.36. The number of carboxylic acid groups (broad SMARTS) is 1. The van der Waals surface area contributed by atoms with Gasteiger partial charge in [-0.3, -0.25) is 4.79 Å². The van der Waals surface area contributed by atoms with Crippen molar-refractivity contribution in [3.05, 3.63) is 36.3 Å². The van der Waals surface area contributed by atoms with Gasteiger partial charge in [0.15, 0.2) is 5.75 Å². The van der Waals surface area contributed by atoms with Gasteiger partial charge >= 0.3 is 12.1 Å². The van der Waals surface area contributed by atoms with E-state index in [1.54, 1.807) is 0 Å². The highest BCUT2D eigenvalue weighted by atomic mass is 19.4. The van der Waals surface area contributed by atoms with E-state index in [4.69, 9.17) is 4.74 Å². The molecule has 168 valence electrons. The van der Waals surface area contributed by atoms with Crippen molar-refractivity contribution >= 4 is 40.1 Å². The number of carboxylic acids is 1. The number of benzene rings is 1. The molecule has 1 saturated carbocycles. The van der Waals surface area contributed by atoms with Gasteiger partial charge < -0.3 is 25.0 Å². The number of carbonyl (C=O) groups is 2. The zero-order valence-corrected chi connectivity index (χ0v) is 16.7. The number of nitrogens with zero attached hydrogens (tertiary/aromatic N) is 3. The van der Waals surface area contributed by atoms with Gasteiger partial charge in [0.25, 0.3) is 0 Å². The summed E-state index contributed by atoms with van der Waals surface area (Å²) in [7, 11) is 1.29. The number of hydrogen-bond donors (Lipinski definition) is 3. The molecule has 2 aromatic heterocycles. The normalized spacial score (nSPS) is 13.8. The first-order chi connectivity index (χ1) is 15.2. The van der Waals surface area contributed by atoms with E-state index in [0.717, 1.165) is 29.9 Å². The van der Waals surface area contributed by atoms with Crippen molar-refractivity contribution in [1.29, 1.82) is 0 Å². The van der Waals surface area contributed by atoms with Gasteiger partial charge in [-0.2, -0.15) is 13.2 Å². The summed E-state index contributed by atoms with van der Waals surface area (Å²) in [6.45, 7) is -1.27. The molecule has 3 N–H and O–H groups in total. The zero-order chi connectivity index (χ0) is 23.0. The fourth-order valence-corrected chi connectivity index (χ4v) is 3.27. The lowest BCUT2D eigenvalue weighted by Gasteiger charge is -2.16. The first-order valence-corrected chi connectivity index (χ1v) is 9.56. The SMILES string of the molecule is COc1c(Nc2cc(NC(=O)C3CC3)ncc2C(=O)O)ccc2ncn(CC(F)(F)F)c12. The molecule has 32 heavy (non-hydrogen) atoms. The smallest absolute Gasteiger partial charge is 0.406 e. The number of fused-ring (bicyclic) bond motifs is 1. The fraction of sp³-hybridized carbons (Fsp3) is 0.300. The predicted molar refractivity (Wildman–Crippen MR) is 108 cm³/mol. The third-order valence-electron chi connectivity index (χ3n) is 4.89. The van der Waals surface area contributed by atoms with Crippen LogP contribution in [0, 0.1) is 5.92 Å². The second-order valence-corrected chi connectivity index (χ2v) is 7.31. The van der Waals surface area contributed by atoms with Crippen LogP contribution in [0.15, 0.2) is 30.7 Å². The Morgan fingerprint density at radius 2 is 2.00 bits per heavy atom. The Kier molecular flexibility index (Phi) is 5.36. The van der Waals surface area contributed by atoms with E-state index in [1.165, 1.54) is 25.3 Å². The number of imidazole rings is 1. The average Bonchev–Trinajstić information content (AvgIpc) is 3.50. The molecule has 1 aliphatic carbocycles. The standard InChI is InChI=1S/C20H18F3N5O4/c1-32-17-13(5-4-12-16(17)28(9-25-12)8-20(21,22)23)26-14-6-15(24-7-11(14)19(30)31)27-18(29)10-2-3-10/h4-7,9-10H,2-3,8H2,1H3,(H,30,31)(H2,24,26,27,29). The Balaban J connectivity index is 1.73. The number of ether oxygens (including phenoxy) is 1. The van der Waals surface area contributed by atoms with Crippen molar-refractivity contribution in [1.82, 2.24) is 14.5 Å². The molecular formula is C20H18F3N5O4. The van der Waals surface area contributed by atoms with Crippen LogP contribution in [0.5, 0.6) is 5.75 Å². The summed E-state index contributed by atoms with van der Waals surface area (Å²) in [5.41, 5.74) is 0.487. The topological polar surface area (TPSA) is 118 Å². The van der Waals surface area contributed by atoms with Gasteiger partial charge in [-0.1, -0.05) is 0 Å². The molecular weight excluding hydrogens is 431 g/mol. The maximum Gasteiger partial charge on any atom is 0.406 e. The first kappa shape index (κ1) is 21.4. The second-order valence-electron chi connectivity index (χ2n) is 7.31. The van der Waals surface area contributed by atoms with E-state index >= 15 is 0 Å². The Labute approximate surface area is 179 Å². The minimum Gasteiger partial charge on any atom is -0.492 e. The third-order valence-corrected chi connectivity index (χ3v) is 4.89. The molecule has 1 aliphatic rings. The molecule has 1 amide bonds. The lowest BCUT2D eigenvalue weighted by molar-refractivity contribution is -0.140. The molecule has 3 aromatic rings. The molecule has 0 radical (unpaired) electrons. The monoisotopic (exact) mass is 449 g/mol. The highest BCUT2D eigenvalue weighted by molar-refractivity contribution is 5.99. The molecule has 1 fully saturated rings. The molecule has 0 saturated heterocycles. The number of alkyl halides is 3. The van der Waals surface area contributed by atoms with Crippen LogP contribution in [-0.4, -0.2) is 44.8 Å². The number of amides is 1. The maximum absolute atomic E-state index is 13.0. The van der Waals surface area contributed by atoms with Gasteiger partial charge in [0.05, 0.1) is 30.3 Å². The summed E-state index contributed by atoms with van der Waals surface area (Å²) in [5, 5.41) is 15.0. The van der Waals surface area contributed by atoms with Crippen molar-refractivity contribution in [2.24, 2.45) is 5.92 Å². The molecule has 9 nitrogen and oxygen atoms in total. The van der Waals surface area contributed by atoms with E-state index in [-0.39, 0.29) is 51.4 Å². The van der Waals surface area contributed by atoms with Crippen LogP contribution in [0.3, 0.4) is 0 Å².